The summed E-state index contributed by atoms with van der Waals surface area (Å²) in [5, 5.41) is 4.36. The van der Waals surface area contributed by atoms with Crippen LogP contribution in [0.25, 0.3) is 5.69 Å². The molecular formula is C16H21N3O2. The predicted octanol–water partition coefficient (Wildman–Crippen LogP) is 2.26. The molecule has 2 aromatic rings. The molecule has 0 bridgehead atoms. The van der Waals surface area contributed by atoms with Gasteiger partial charge in [-0.25, -0.2) is 4.68 Å². The van der Waals surface area contributed by atoms with E-state index in [0.717, 1.165) is 11.3 Å². The molecule has 5 nitrogen and oxygen atoms in total. The molecule has 0 fully saturated rings. The summed E-state index contributed by atoms with van der Waals surface area (Å²) in [4.78, 5) is 11.6. The third kappa shape index (κ3) is 3.70. The lowest BCUT2D eigenvalue weighted by Gasteiger charge is -2.29. The summed E-state index contributed by atoms with van der Waals surface area (Å²) >= 11 is 0. The number of nitrogens with two attached hydrogens (primary N) is 1. The van der Waals surface area contributed by atoms with Crippen molar-refractivity contribution in [3.8, 4) is 5.69 Å². The van der Waals surface area contributed by atoms with Crippen LogP contribution in [0.15, 0.2) is 42.7 Å². The first-order valence-corrected chi connectivity index (χ1v) is 6.87. The smallest absolute Gasteiger partial charge is 0.306 e. The molecule has 112 valence electrons. The largest absolute Gasteiger partial charge is 0.469 e. The van der Waals surface area contributed by atoms with Gasteiger partial charge in [0.05, 0.1) is 25.4 Å². The van der Waals surface area contributed by atoms with E-state index in [9.17, 15) is 4.79 Å². The monoisotopic (exact) mass is 287 g/mol. The van der Waals surface area contributed by atoms with Gasteiger partial charge in [0.2, 0.25) is 0 Å². The van der Waals surface area contributed by atoms with Crippen molar-refractivity contribution in [2.75, 3.05) is 7.11 Å². The average molecular weight is 287 g/mol. The Labute approximate surface area is 124 Å². The molecule has 1 aromatic carbocycles. The van der Waals surface area contributed by atoms with Crippen molar-refractivity contribution in [1.29, 1.82) is 0 Å². The number of benzene rings is 1. The van der Waals surface area contributed by atoms with Crippen molar-refractivity contribution in [3.05, 3.63) is 48.3 Å². The number of carbonyl (C=O) groups excluding carboxylic acids is 1. The Kier molecular flexibility index (Phi) is 4.43. The van der Waals surface area contributed by atoms with Crippen LogP contribution in [0.5, 0.6) is 0 Å². The number of hydrogen-bond donors (Lipinski definition) is 1. The van der Waals surface area contributed by atoms with Gasteiger partial charge < -0.3 is 10.5 Å². The van der Waals surface area contributed by atoms with Gasteiger partial charge in [0.1, 0.15) is 0 Å². The Bertz CT molecular complexity index is 599. The van der Waals surface area contributed by atoms with Gasteiger partial charge in [-0.15, -0.1) is 0 Å². The summed E-state index contributed by atoms with van der Waals surface area (Å²) in [7, 11) is 1.39. The third-order valence-electron chi connectivity index (χ3n) is 3.52. The summed E-state index contributed by atoms with van der Waals surface area (Å²) in [6.07, 6.45) is 3.91. The minimum atomic E-state index is -0.543. The maximum atomic E-state index is 11.6. The highest BCUT2D eigenvalue weighted by atomic mass is 16.5. The maximum Gasteiger partial charge on any atom is 0.306 e. The quantitative estimate of drug-likeness (QED) is 0.856. The number of carbonyl (C=O) groups is 1. The number of rotatable bonds is 5. The molecule has 1 unspecified atom stereocenters. The van der Waals surface area contributed by atoms with Crippen LogP contribution >= 0.6 is 0 Å². The second kappa shape index (κ2) is 6.10. The summed E-state index contributed by atoms with van der Waals surface area (Å²) in [5.41, 5.74) is 7.57. The molecule has 0 saturated carbocycles. The maximum absolute atomic E-state index is 11.6. The molecule has 0 aliphatic carbocycles. The first kappa shape index (κ1) is 15.3. The molecule has 1 heterocycles. The highest BCUT2D eigenvalue weighted by Crippen LogP contribution is 2.30. The van der Waals surface area contributed by atoms with E-state index in [1.165, 1.54) is 7.11 Å². The zero-order valence-electron chi connectivity index (χ0n) is 12.6. The Morgan fingerprint density at radius 1 is 1.38 bits per heavy atom. The minimum absolute atomic E-state index is 0.151. The predicted molar refractivity (Wildman–Crippen MR) is 81.2 cm³/mol. The lowest BCUT2D eigenvalue weighted by Crippen LogP contribution is -2.40. The second-order valence-corrected chi connectivity index (χ2v) is 5.71. The van der Waals surface area contributed by atoms with Crippen molar-refractivity contribution in [1.82, 2.24) is 9.78 Å². The molecule has 1 atom stereocenters. The number of nitrogens with zero attached hydrogens (tertiary/aromatic N) is 2. The van der Waals surface area contributed by atoms with E-state index < -0.39 is 5.54 Å². The lowest BCUT2D eigenvalue weighted by atomic mass is 9.82. The standard InChI is InChI=1S/C16H21N3O2/c1-16(2,17)14(9-15(20)21-3)12-10-18-19(11-12)13-7-5-4-6-8-13/h4-8,10-11,14H,9,17H2,1-3H3. The van der Waals surface area contributed by atoms with Crippen LogP contribution in [-0.4, -0.2) is 28.4 Å². The van der Waals surface area contributed by atoms with Gasteiger partial charge in [-0.3, -0.25) is 4.79 Å². The van der Waals surface area contributed by atoms with E-state index in [1.54, 1.807) is 10.9 Å². The van der Waals surface area contributed by atoms with Crippen molar-refractivity contribution in [2.45, 2.75) is 31.7 Å². The fourth-order valence-corrected chi connectivity index (χ4v) is 2.30. The molecule has 0 spiro atoms. The van der Waals surface area contributed by atoms with Crippen LogP contribution < -0.4 is 5.73 Å². The summed E-state index contributed by atoms with van der Waals surface area (Å²) in [6, 6.07) is 9.81. The van der Waals surface area contributed by atoms with Gasteiger partial charge in [-0.2, -0.15) is 5.10 Å². The number of para-hydroxylation sites is 1. The summed E-state index contributed by atoms with van der Waals surface area (Å²) < 4.78 is 6.55. The highest BCUT2D eigenvalue weighted by Gasteiger charge is 2.30. The highest BCUT2D eigenvalue weighted by molar-refractivity contribution is 5.70. The Hall–Kier alpha value is -2.14. The topological polar surface area (TPSA) is 70.1 Å². The number of methoxy groups -OCH3 is 1. The SMILES string of the molecule is COC(=O)CC(c1cnn(-c2ccccc2)c1)C(C)(C)N. The van der Waals surface area contributed by atoms with Crippen molar-refractivity contribution >= 4 is 5.97 Å². The van der Waals surface area contributed by atoms with Crippen LogP contribution in [0.3, 0.4) is 0 Å². The van der Waals surface area contributed by atoms with Crippen molar-refractivity contribution in [2.24, 2.45) is 5.73 Å². The van der Waals surface area contributed by atoms with Crippen LogP contribution in [0.1, 0.15) is 31.7 Å². The van der Waals surface area contributed by atoms with Gasteiger partial charge >= 0.3 is 5.97 Å². The molecule has 0 aliphatic rings. The fraction of sp³-hybridized carbons (Fsp3) is 0.375. The Morgan fingerprint density at radius 2 is 2.05 bits per heavy atom. The third-order valence-corrected chi connectivity index (χ3v) is 3.52. The van der Waals surface area contributed by atoms with Gasteiger partial charge in [0.25, 0.3) is 0 Å². The minimum Gasteiger partial charge on any atom is -0.469 e. The molecule has 2 rings (SSSR count). The van der Waals surface area contributed by atoms with Crippen LogP contribution in [0, 0.1) is 0 Å². The van der Waals surface area contributed by atoms with Gasteiger partial charge in [0.15, 0.2) is 0 Å². The van der Waals surface area contributed by atoms with E-state index in [-0.39, 0.29) is 18.3 Å². The van der Waals surface area contributed by atoms with E-state index >= 15 is 0 Å². The van der Waals surface area contributed by atoms with Gasteiger partial charge in [-0.05, 0) is 31.5 Å². The summed E-state index contributed by atoms with van der Waals surface area (Å²) in [6.45, 7) is 3.81. The molecular weight excluding hydrogens is 266 g/mol. The fourth-order valence-electron chi connectivity index (χ4n) is 2.30. The van der Waals surface area contributed by atoms with E-state index in [0.29, 0.717) is 0 Å². The lowest BCUT2D eigenvalue weighted by molar-refractivity contribution is -0.141. The Morgan fingerprint density at radius 3 is 2.62 bits per heavy atom. The molecule has 0 aliphatic heterocycles. The zero-order valence-corrected chi connectivity index (χ0v) is 12.6. The number of ether oxygens (including phenoxy) is 1. The number of esters is 1. The number of aromatic nitrogens is 2. The molecule has 2 N–H and O–H groups in total. The van der Waals surface area contributed by atoms with Crippen LogP contribution in [-0.2, 0) is 9.53 Å². The first-order chi connectivity index (χ1) is 9.91. The van der Waals surface area contributed by atoms with E-state index in [2.05, 4.69) is 5.10 Å². The average Bonchev–Trinajstić information content (AvgIpc) is 2.93. The molecule has 1 aromatic heterocycles. The van der Waals surface area contributed by atoms with Gasteiger partial charge in [-0.1, -0.05) is 18.2 Å². The van der Waals surface area contributed by atoms with Crippen molar-refractivity contribution < 1.29 is 9.53 Å². The molecule has 5 heteroatoms. The van der Waals surface area contributed by atoms with E-state index in [1.807, 2.05) is 50.4 Å². The summed E-state index contributed by atoms with van der Waals surface area (Å²) in [5.74, 6) is -0.423. The number of hydrogen-bond acceptors (Lipinski definition) is 4. The van der Waals surface area contributed by atoms with E-state index in [4.69, 9.17) is 10.5 Å². The Balaban J connectivity index is 2.30. The normalized spacial score (nSPS) is 13.0. The zero-order chi connectivity index (χ0) is 15.5. The molecule has 0 amide bonds. The van der Waals surface area contributed by atoms with Crippen LogP contribution in [0.4, 0.5) is 0 Å². The van der Waals surface area contributed by atoms with Crippen LogP contribution in [0.2, 0.25) is 0 Å². The molecule has 0 radical (unpaired) electrons. The van der Waals surface area contributed by atoms with Crippen molar-refractivity contribution in [3.63, 3.8) is 0 Å². The van der Waals surface area contributed by atoms with Gasteiger partial charge in [0, 0.05) is 17.7 Å². The second-order valence-electron chi connectivity index (χ2n) is 5.71. The molecule has 21 heavy (non-hydrogen) atoms. The molecule has 0 saturated heterocycles. The first-order valence-electron chi connectivity index (χ1n) is 6.87.